The van der Waals surface area contributed by atoms with E-state index in [1.165, 1.54) is 45.3 Å². The summed E-state index contributed by atoms with van der Waals surface area (Å²) in [6, 6.07) is 70.7. The van der Waals surface area contributed by atoms with E-state index in [0.29, 0.717) is 19.5 Å². The Kier molecular flexibility index (Phi) is 20.0. The zero-order valence-corrected chi connectivity index (χ0v) is 47.0. The van der Waals surface area contributed by atoms with Crippen molar-refractivity contribution in [1.82, 2.24) is 9.13 Å². The molecule has 3 aromatic carbocycles. The van der Waals surface area contributed by atoms with E-state index in [1.54, 1.807) is 87.0 Å². The van der Waals surface area contributed by atoms with Crippen LogP contribution in [0.1, 0.15) is 19.5 Å². The molecule has 0 aliphatic heterocycles. The third-order valence-corrected chi connectivity index (χ3v) is 16.3. The Morgan fingerprint density at radius 2 is 0.548 bits per heavy atom. The summed E-state index contributed by atoms with van der Waals surface area (Å²) in [5.41, 5.74) is 4.22. The molecule has 0 fully saturated rings. The van der Waals surface area contributed by atoms with Gasteiger partial charge in [-0.05, 0) is 109 Å². The van der Waals surface area contributed by atoms with Gasteiger partial charge < -0.3 is 18.6 Å². The summed E-state index contributed by atoms with van der Waals surface area (Å²) >= 11 is 5.18. The summed E-state index contributed by atoms with van der Waals surface area (Å²) in [4.78, 5) is 5.33. The minimum absolute atomic E-state index is 0.0313. The third-order valence-electron chi connectivity index (χ3n) is 11.8. The van der Waals surface area contributed by atoms with Crippen LogP contribution >= 0.6 is 45.3 Å². The molecule has 0 bridgehead atoms. The number of thiophene rings is 4. The molecule has 20 heteroatoms. The van der Waals surface area contributed by atoms with Crippen molar-refractivity contribution >= 4 is 67.6 Å². The predicted molar refractivity (Wildman–Crippen MR) is 319 cm³/mol. The topological polar surface area (TPSA) is 314 Å². The van der Waals surface area contributed by atoms with Crippen molar-refractivity contribution in [2.24, 2.45) is 0 Å². The predicted octanol–water partition coefficient (Wildman–Crippen LogP) is 14.9. The summed E-state index contributed by atoms with van der Waals surface area (Å²) in [7, 11) is 3.27. The molecule has 9 aromatic rings. The van der Waals surface area contributed by atoms with Gasteiger partial charge >= 0.3 is 0 Å². The lowest BCUT2D eigenvalue weighted by atomic mass is 10.1. The van der Waals surface area contributed by atoms with Crippen LogP contribution in [0.3, 0.4) is 0 Å². The molecular weight excluding hydrogens is 1130 g/mol. The van der Waals surface area contributed by atoms with Gasteiger partial charge in [0.25, 0.3) is 0 Å². The Balaban J connectivity index is 0.000000207. The Bertz CT molecular complexity index is 4090. The van der Waals surface area contributed by atoms with Gasteiger partial charge in [0.05, 0.1) is 78.8 Å². The number of nitriles is 12. The monoisotopic (exact) mass is 1160 g/mol. The second kappa shape index (κ2) is 28.4. The molecule has 0 aliphatic rings. The number of para-hydroxylation sites is 2. The van der Waals surface area contributed by atoms with Crippen LogP contribution < -0.4 is 9.47 Å². The minimum Gasteiger partial charge on any atom is -0.497 e. The molecule has 0 radical (unpaired) electrons. The van der Waals surface area contributed by atoms with E-state index in [4.69, 9.17) is 9.47 Å². The van der Waals surface area contributed by atoms with Gasteiger partial charge in [0.2, 0.25) is 0 Å². The average molecular weight is 1160 g/mol. The lowest BCUT2D eigenvalue weighted by molar-refractivity contribution is 0.394. The normalized spacial score (nSPS) is 9.40. The number of allylic oxidation sites excluding steroid dienone is 8. The molecule has 16 nitrogen and oxygen atoms in total. The number of aromatic nitrogens is 2. The molecule has 0 unspecified atom stereocenters. The first-order valence-corrected chi connectivity index (χ1v) is 27.3. The van der Waals surface area contributed by atoms with E-state index in [-0.39, 0.29) is 44.6 Å². The Morgan fingerprint density at radius 3 is 0.762 bits per heavy atom. The number of hydrogen-bond acceptors (Lipinski definition) is 18. The van der Waals surface area contributed by atoms with Gasteiger partial charge in [0.15, 0.2) is 0 Å². The van der Waals surface area contributed by atoms with Crippen LogP contribution in [0.15, 0.2) is 180 Å². The highest BCUT2D eigenvalue weighted by atomic mass is 32.1. The fraction of sp³-hybridized carbons (Fsp3) is 0.0312. The van der Waals surface area contributed by atoms with Gasteiger partial charge in [0, 0.05) is 36.9 Å². The van der Waals surface area contributed by atoms with Crippen molar-refractivity contribution in [2.45, 2.75) is 0 Å². The van der Waals surface area contributed by atoms with Crippen molar-refractivity contribution in [3.05, 3.63) is 200 Å². The fourth-order valence-electron chi connectivity index (χ4n) is 8.00. The van der Waals surface area contributed by atoms with E-state index >= 15 is 0 Å². The van der Waals surface area contributed by atoms with Gasteiger partial charge in [-0.3, -0.25) is 0 Å². The first kappa shape index (κ1) is 59.1. The molecule has 6 aromatic heterocycles. The smallest absolute Gasteiger partial charge is 0.148 e. The molecule has 0 aliphatic carbocycles. The van der Waals surface area contributed by atoms with Gasteiger partial charge in [-0.2, -0.15) is 63.1 Å². The van der Waals surface area contributed by atoms with Crippen LogP contribution in [-0.2, 0) is 0 Å². The second-order valence-electron chi connectivity index (χ2n) is 16.4. The number of benzene rings is 3. The van der Waals surface area contributed by atoms with E-state index in [9.17, 15) is 63.1 Å². The van der Waals surface area contributed by atoms with E-state index in [2.05, 4.69) is 0 Å². The molecular formula is C64H32N14O2S4. The standard InChI is InChI=1S/2C28H11N7S2.C8H10O2/c2*29-12-18(13-30)21(16-33)25-8-10-27(36-25)23-6-7-24(35(23)20-4-2-1-3-5-20)28-11-9-26(37-28)22(17-34)19(14-31)15-32;1-9-7-4-3-5-8(6-7)10-2/h2*1-11H;3-6H,1-2H3. The van der Waals surface area contributed by atoms with Crippen molar-refractivity contribution in [2.75, 3.05) is 14.2 Å². The maximum Gasteiger partial charge on any atom is 0.148 e. The summed E-state index contributed by atoms with van der Waals surface area (Å²) in [6.07, 6.45) is 0. The molecule has 0 spiro atoms. The molecule has 6 heterocycles. The van der Waals surface area contributed by atoms with Gasteiger partial charge in [-0.1, -0.05) is 42.5 Å². The zero-order valence-electron chi connectivity index (χ0n) is 43.7. The van der Waals surface area contributed by atoms with Crippen LogP contribution in [0.25, 0.3) is 76.0 Å². The average Bonchev–Trinajstić information content (AvgIpc) is 2.59. The lowest BCUT2D eigenvalue weighted by Crippen LogP contribution is -1.97. The van der Waals surface area contributed by atoms with Crippen molar-refractivity contribution in [1.29, 1.82) is 63.1 Å². The molecule has 9 rings (SSSR count). The van der Waals surface area contributed by atoms with Crippen LogP contribution in [0.5, 0.6) is 11.5 Å². The fourth-order valence-corrected chi connectivity index (χ4v) is 12.1. The highest BCUT2D eigenvalue weighted by molar-refractivity contribution is 7.17. The molecule has 0 N–H and O–H groups in total. The SMILES string of the molecule is COc1cccc(OC)c1.N#CC(C#N)=C(C#N)c1ccc(-c2ccc(-c3ccc(C(C#N)=C(C#N)C#N)s3)n2-c2ccccc2)s1.N#CC(C#N)=C(C#N)c1ccc(-c2ccc(-c3ccc(C(C#N)=C(C#N)C#N)s3)n2-c2ccccc2)s1. The van der Waals surface area contributed by atoms with Crippen LogP contribution in [0, 0.1) is 136 Å². The number of hydrogen-bond donors (Lipinski definition) is 0. The van der Waals surface area contributed by atoms with Crippen LogP contribution in [0.2, 0.25) is 0 Å². The van der Waals surface area contributed by atoms with Gasteiger partial charge in [-0.25, -0.2) is 0 Å². The summed E-state index contributed by atoms with van der Waals surface area (Å²) in [6.45, 7) is 0. The van der Waals surface area contributed by atoms with E-state index < -0.39 is 0 Å². The first-order valence-electron chi connectivity index (χ1n) is 24.0. The molecule has 0 amide bonds. The molecule has 0 saturated carbocycles. The number of methoxy groups -OCH3 is 2. The Hall–Kier alpha value is -12.5. The largest absolute Gasteiger partial charge is 0.497 e. The van der Waals surface area contributed by atoms with Gasteiger partial charge in [-0.15, -0.1) is 45.3 Å². The Morgan fingerprint density at radius 1 is 0.298 bits per heavy atom. The van der Waals surface area contributed by atoms with Crippen molar-refractivity contribution in [3.63, 3.8) is 0 Å². The highest BCUT2D eigenvalue weighted by Crippen LogP contribution is 2.43. The lowest BCUT2D eigenvalue weighted by Gasteiger charge is -2.12. The maximum absolute atomic E-state index is 9.55. The highest BCUT2D eigenvalue weighted by Gasteiger charge is 2.22. The summed E-state index contributed by atoms with van der Waals surface area (Å²) < 4.78 is 14.0. The molecule has 0 saturated heterocycles. The number of ether oxygens (including phenoxy) is 2. The van der Waals surface area contributed by atoms with Crippen molar-refractivity contribution < 1.29 is 9.47 Å². The van der Waals surface area contributed by atoms with Crippen molar-refractivity contribution in [3.8, 4) is 138 Å². The van der Waals surface area contributed by atoms with Crippen LogP contribution in [0.4, 0.5) is 0 Å². The number of rotatable bonds is 12. The Labute approximate surface area is 498 Å². The summed E-state index contributed by atoms with van der Waals surface area (Å²) in [5, 5.41) is 112. The van der Waals surface area contributed by atoms with E-state index in [0.717, 1.165) is 65.2 Å². The summed E-state index contributed by atoms with van der Waals surface area (Å²) in [5.74, 6) is 1.64. The van der Waals surface area contributed by atoms with Crippen LogP contribution in [-0.4, -0.2) is 23.4 Å². The minimum atomic E-state index is -0.239. The second-order valence-corrected chi connectivity index (χ2v) is 20.8. The molecule has 394 valence electrons. The molecule has 0 atom stereocenters. The van der Waals surface area contributed by atoms with E-state index in [1.807, 2.05) is 167 Å². The first-order chi connectivity index (χ1) is 41.0. The quantitative estimate of drug-likeness (QED) is 0.103. The zero-order chi connectivity index (χ0) is 60.1. The van der Waals surface area contributed by atoms with Gasteiger partial charge in [0.1, 0.15) is 107 Å². The molecule has 84 heavy (non-hydrogen) atoms. The maximum atomic E-state index is 9.55. The third kappa shape index (κ3) is 12.8. The number of nitrogens with zero attached hydrogens (tertiary/aromatic N) is 14.